The molecule has 29 heavy (non-hydrogen) atoms. The van der Waals surface area contributed by atoms with Crippen molar-refractivity contribution in [2.75, 3.05) is 7.11 Å². The number of hydrogen-bond acceptors (Lipinski definition) is 5. The summed E-state index contributed by atoms with van der Waals surface area (Å²) in [6, 6.07) is 20.4. The van der Waals surface area contributed by atoms with E-state index in [1.54, 1.807) is 7.11 Å². The van der Waals surface area contributed by atoms with Crippen LogP contribution >= 0.6 is 0 Å². The monoisotopic (exact) mass is 391 g/mol. The van der Waals surface area contributed by atoms with E-state index >= 15 is 0 Å². The van der Waals surface area contributed by atoms with Crippen molar-refractivity contribution in [3.8, 4) is 5.75 Å². The van der Waals surface area contributed by atoms with E-state index in [1.165, 1.54) is 24.3 Å². The quantitative estimate of drug-likeness (QED) is 0.334. The summed E-state index contributed by atoms with van der Waals surface area (Å²) in [5.74, 6) is 0.127. The molecule has 148 valence electrons. The maximum atomic E-state index is 12.9. The highest BCUT2D eigenvalue weighted by molar-refractivity contribution is 5.90. The number of carbonyl (C=O) groups is 1. The molecule has 0 bridgehead atoms. The number of nitro groups is 1. The van der Waals surface area contributed by atoms with Crippen LogP contribution in [0.1, 0.15) is 34.0 Å². The fraction of sp³-hybridized carbons (Fsp3) is 0.174. The third-order valence-corrected chi connectivity index (χ3v) is 4.82. The van der Waals surface area contributed by atoms with Crippen LogP contribution in [0.25, 0.3) is 0 Å². The molecule has 0 fully saturated rings. The van der Waals surface area contributed by atoms with Crippen LogP contribution in [0.4, 0.5) is 5.69 Å². The van der Waals surface area contributed by atoms with Crippen molar-refractivity contribution in [2.24, 2.45) is 0 Å². The predicted molar refractivity (Wildman–Crippen MR) is 109 cm³/mol. The molecule has 0 radical (unpaired) electrons. The summed E-state index contributed by atoms with van der Waals surface area (Å²) in [7, 11) is 1.59. The number of hydrogen-bond donors (Lipinski definition) is 0. The number of benzene rings is 3. The van der Waals surface area contributed by atoms with Crippen LogP contribution in [-0.2, 0) is 10.3 Å². The molecular formula is C23H21NO5. The van der Waals surface area contributed by atoms with Crippen molar-refractivity contribution in [1.82, 2.24) is 0 Å². The molecule has 0 N–H and O–H groups in total. The van der Waals surface area contributed by atoms with Crippen molar-refractivity contribution in [2.45, 2.75) is 19.4 Å². The van der Waals surface area contributed by atoms with Crippen LogP contribution in [0.2, 0.25) is 0 Å². The van der Waals surface area contributed by atoms with Gasteiger partial charge >= 0.3 is 5.97 Å². The van der Waals surface area contributed by atoms with Gasteiger partial charge in [-0.2, -0.15) is 0 Å². The van der Waals surface area contributed by atoms with Crippen LogP contribution in [0.15, 0.2) is 72.8 Å². The Kier molecular flexibility index (Phi) is 5.64. The maximum absolute atomic E-state index is 12.9. The van der Waals surface area contributed by atoms with Crippen molar-refractivity contribution >= 4 is 11.7 Å². The summed E-state index contributed by atoms with van der Waals surface area (Å²) in [6.07, 6.45) is 0. The Bertz CT molecular complexity index is 1030. The number of carbonyl (C=O) groups excluding carboxylic acids is 1. The topological polar surface area (TPSA) is 78.7 Å². The van der Waals surface area contributed by atoms with Crippen molar-refractivity contribution in [3.63, 3.8) is 0 Å². The number of non-ortho nitro benzene ring substituents is 1. The average Bonchev–Trinajstić information content (AvgIpc) is 2.73. The first-order valence-corrected chi connectivity index (χ1v) is 9.03. The van der Waals surface area contributed by atoms with Crippen molar-refractivity contribution in [1.29, 1.82) is 0 Å². The molecular weight excluding hydrogens is 370 g/mol. The summed E-state index contributed by atoms with van der Waals surface area (Å²) in [4.78, 5) is 23.2. The molecule has 0 heterocycles. The first kappa shape index (κ1) is 20.1. The molecule has 1 unspecified atom stereocenters. The van der Waals surface area contributed by atoms with E-state index < -0.39 is 16.5 Å². The lowest BCUT2D eigenvalue weighted by atomic mass is 9.87. The second-order valence-electron chi connectivity index (χ2n) is 6.82. The number of ether oxygens (including phenoxy) is 2. The van der Waals surface area contributed by atoms with Crippen LogP contribution in [0.5, 0.6) is 5.75 Å². The summed E-state index contributed by atoms with van der Waals surface area (Å²) in [5.41, 5.74) is 1.73. The van der Waals surface area contributed by atoms with E-state index in [1.807, 2.05) is 62.4 Å². The first-order chi connectivity index (χ1) is 13.8. The molecule has 3 rings (SSSR count). The minimum Gasteiger partial charge on any atom is -0.497 e. The lowest BCUT2D eigenvalue weighted by Crippen LogP contribution is -2.30. The van der Waals surface area contributed by atoms with Gasteiger partial charge in [-0.05, 0) is 38.1 Å². The number of esters is 1. The van der Waals surface area contributed by atoms with Gasteiger partial charge in [-0.25, -0.2) is 4.79 Å². The Labute approximate surface area is 168 Å². The van der Waals surface area contributed by atoms with Gasteiger partial charge in [0.05, 0.1) is 17.6 Å². The highest BCUT2D eigenvalue weighted by Crippen LogP contribution is 2.35. The van der Waals surface area contributed by atoms with Gasteiger partial charge in [-0.3, -0.25) is 10.1 Å². The Morgan fingerprint density at radius 3 is 2.17 bits per heavy atom. The highest BCUT2D eigenvalue weighted by Gasteiger charge is 2.34. The lowest BCUT2D eigenvalue weighted by molar-refractivity contribution is -0.384. The van der Waals surface area contributed by atoms with E-state index in [2.05, 4.69) is 0 Å². The van der Waals surface area contributed by atoms with E-state index in [4.69, 9.17) is 9.47 Å². The second kappa shape index (κ2) is 8.14. The van der Waals surface area contributed by atoms with E-state index in [0.717, 1.165) is 16.7 Å². The SMILES string of the molecule is COc1ccc(C(C)(OC(=O)c2ccc([N+](=O)[O-])cc2)c2cccc(C)c2)cc1. The lowest BCUT2D eigenvalue weighted by Gasteiger charge is -2.31. The van der Waals surface area contributed by atoms with Crippen LogP contribution in [0, 0.1) is 17.0 Å². The predicted octanol–water partition coefficient (Wildman–Crippen LogP) is 5.03. The van der Waals surface area contributed by atoms with Gasteiger partial charge in [-0.15, -0.1) is 0 Å². The smallest absolute Gasteiger partial charge is 0.339 e. The molecule has 0 aliphatic heterocycles. The molecule has 1 atom stereocenters. The first-order valence-electron chi connectivity index (χ1n) is 9.03. The highest BCUT2D eigenvalue weighted by atomic mass is 16.6. The number of rotatable bonds is 6. The largest absolute Gasteiger partial charge is 0.497 e. The Morgan fingerprint density at radius 1 is 0.966 bits per heavy atom. The normalized spacial score (nSPS) is 12.7. The van der Waals surface area contributed by atoms with Crippen molar-refractivity contribution in [3.05, 3.63) is 105 Å². The summed E-state index contributed by atoms with van der Waals surface area (Å²) >= 11 is 0. The van der Waals surface area contributed by atoms with E-state index in [-0.39, 0.29) is 11.3 Å². The van der Waals surface area contributed by atoms with E-state index in [0.29, 0.717) is 5.75 Å². The molecule has 6 nitrogen and oxygen atoms in total. The minimum absolute atomic E-state index is 0.0850. The molecule has 0 aromatic heterocycles. The van der Waals surface area contributed by atoms with Gasteiger partial charge in [0.15, 0.2) is 5.60 Å². The molecule has 6 heteroatoms. The number of nitrogens with zero attached hydrogens (tertiary/aromatic N) is 1. The summed E-state index contributed by atoms with van der Waals surface area (Å²) in [6.45, 7) is 3.79. The molecule has 0 saturated heterocycles. The summed E-state index contributed by atoms with van der Waals surface area (Å²) < 4.78 is 11.2. The van der Waals surface area contributed by atoms with Crippen LogP contribution in [0.3, 0.4) is 0 Å². The van der Waals surface area contributed by atoms with Gasteiger partial charge in [0, 0.05) is 23.3 Å². The Morgan fingerprint density at radius 2 is 1.62 bits per heavy atom. The minimum atomic E-state index is -1.06. The molecule has 0 aliphatic rings. The molecule has 3 aromatic rings. The number of aryl methyl sites for hydroxylation is 1. The fourth-order valence-corrected chi connectivity index (χ4v) is 3.10. The average molecular weight is 391 g/mol. The fourth-order valence-electron chi connectivity index (χ4n) is 3.10. The molecule has 0 amide bonds. The molecule has 0 spiro atoms. The standard InChI is InChI=1S/C23H21NO5/c1-16-5-4-6-19(15-16)23(2,18-9-13-21(28-3)14-10-18)29-22(25)17-7-11-20(12-8-17)24(26)27/h4-15H,1-3H3. The van der Waals surface area contributed by atoms with Crippen molar-refractivity contribution < 1.29 is 19.2 Å². The third kappa shape index (κ3) is 4.27. The van der Waals surface area contributed by atoms with E-state index in [9.17, 15) is 14.9 Å². The molecule has 3 aromatic carbocycles. The number of methoxy groups -OCH3 is 1. The van der Waals surface area contributed by atoms with Gasteiger partial charge in [0.2, 0.25) is 0 Å². The zero-order valence-electron chi connectivity index (χ0n) is 16.4. The van der Waals surface area contributed by atoms with Gasteiger partial charge in [0.1, 0.15) is 5.75 Å². The zero-order chi connectivity index (χ0) is 21.0. The third-order valence-electron chi connectivity index (χ3n) is 4.82. The van der Waals surface area contributed by atoms with Crippen LogP contribution < -0.4 is 4.74 Å². The van der Waals surface area contributed by atoms with Gasteiger partial charge in [-0.1, -0.05) is 42.0 Å². The van der Waals surface area contributed by atoms with Gasteiger partial charge < -0.3 is 9.47 Å². The maximum Gasteiger partial charge on any atom is 0.339 e. The molecule has 0 aliphatic carbocycles. The Balaban J connectivity index is 2.00. The number of nitro benzene ring substituents is 1. The van der Waals surface area contributed by atoms with Gasteiger partial charge in [0.25, 0.3) is 5.69 Å². The van der Waals surface area contributed by atoms with Crippen LogP contribution in [-0.4, -0.2) is 18.0 Å². The summed E-state index contributed by atoms with van der Waals surface area (Å²) in [5, 5.41) is 10.8. The second-order valence-corrected chi connectivity index (χ2v) is 6.82. The Hall–Kier alpha value is -3.67. The molecule has 0 saturated carbocycles. The zero-order valence-corrected chi connectivity index (χ0v) is 16.4.